The summed E-state index contributed by atoms with van der Waals surface area (Å²) >= 11 is 21.3. The highest BCUT2D eigenvalue weighted by Gasteiger charge is 2.20. The molecular weight excluding hydrogens is 1120 g/mol. The van der Waals surface area contributed by atoms with Gasteiger partial charge in [0, 0.05) is 65.6 Å². The summed E-state index contributed by atoms with van der Waals surface area (Å²) in [7, 11) is 0. The zero-order valence-electron chi connectivity index (χ0n) is 42.3. The smallest absolute Gasteiger partial charge is 0.343 e. The average Bonchev–Trinajstić information content (AvgIpc) is 4.11. The molecule has 0 atom stereocenters. The minimum atomic E-state index is -0.467. The topological polar surface area (TPSA) is 263 Å². The number of benzene rings is 3. The van der Waals surface area contributed by atoms with Gasteiger partial charge < -0.3 is 26.3 Å². The maximum Gasteiger partial charge on any atom is 0.343 e. The number of rotatable bonds is 13. The van der Waals surface area contributed by atoms with E-state index in [1.807, 2.05) is 92.7 Å². The maximum atomic E-state index is 12.8. The number of nitriles is 1. The molecule has 78 heavy (non-hydrogen) atoms. The van der Waals surface area contributed by atoms with E-state index in [0.717, 1.165) is 66.2 Å². The van der Waals surface area contributed by atoms with Crippen molar-refractivity contribution in [2.24, 2.45) is 0 Å². The monoisotopic (exact) mass is 1170 g/mol. The Kier molecular flexibility index (Phi) is 18.0. The number of aryl methyl sites for hydroxylation is 2. The molecule has 0 aliphatic rings. The molecule has 1 amide bonds. The van der Waals surface area contributed by atoms with Gasteiger partial charge in [0.25, 0.3) is 5.91 Å². The number of esters is 2. The number of pyridine rings is 4. The summed E-state index contributed by atoms with van der Waals surface area (Å²) in [6.07, 6.45) is 9.67. The van der Waals surface area contributed by atoms with Gasteiger partial charge >= 0.3 is 11.9 Å². The second kappa shape index (κ2) is 25.1. The molecule has 7 heterocycles. The molecule has 3 aromatic carbocycles. The molecule has 0 saturated carbocycles. The molecule has 5 N–H and O–H groups in total. The van der Waals surface area contributed by atoms with Gasteiger partial charge in [0.1, 0.15) is 33.2 Å². The summed E-state index contributed by atoms with van der Waals surface area (Å²) in [4.78, 5) is 53.4. The maximum absolute atomic E-state index is 12.8. The van der Waals surface area contributed by atoms with Crippen molar-refractivity contribution in [3.63, 3.8) is 0 Å². The van der Waals surface area contributed by atoms with Gasteiger partial charge in [0.05, 0.1) is 64.5 Å². The minimum absolute atomic E-state index is 0.0803. The van der Waals surface area contributed by atoms with Crippen molar-refractivity contribution in [2.75, 3.05) is 24.7 Å². The van der Waals surface area contributed by atoms with E-state index in [9.17, 15) is 19.6 Å². The Balaban J connectivity index is 0.000000158. The SMILES string of the molecule is CCOC(=O)c1cn(Cc2ccc3ncc(Cl)cc3c2)nc1Br.CCOC(=O)c1cn(Cc2ccc3ncc(Cl)cc3c2)nc1N.Cc1cc(N)nc(C)c1CNC(=O)c1nn(Cc2ccc3ncc(Cl)cc3c2)cc1C#N. The van der Waals surface area contributed by atoms with E-state index < -0.39 is 11.9 Å². The molecule has 0 radical (unpaired) electrons. The van der Waals surface area contributed by atoms with Gasteiger partial charge in [0.2, 0.25) is 0 Å². The Labute approximate surface area is 470 Å². The van der Waals surface area contributed by atoms with Crippen LogP contribution in [-0.2, 0) is 35.7 Å². The molecule has 396 valence electrons. The zero-order chi connectivity index (χ0) is 55.6. The van der Waals surface area contributed by atoms with Gasteiger partial charge in [-0.25, -0.2) is 14.6 Å². The number of nitrogens with one attached hydrogen (secondary N) is 1. The van der Waals surface area contributed by atoms with Crippen LogP contribution in [0.5, 0.6) is 0 Å². The zero-order valence-corrected chi connectivity index (χ0v) is 46.2. The first kappa shape index (κ1) is 55.7. The second-order valence-corrected chi connectivity index (χ2v) is 19.5. The van der Waals surface area contributed by atoms with Crippen molar-refractivity contribution in [1.82, 2.24) is 54.6 Å². The number of ether oxygens (including phenoxy) is 2. The van der Waals surface area contributed by atoms with Gasteiger partial charge in [-0.05, 0) is 132 Å². The van der Waals surface area contributed by atoms with Crippen molar-refractivity contribution in [3.05, 3.63) is 192 Å². The summed E-state index contributed by atoms with van der Waals surface area (Å²) in [5, 5.41) is 29.7. The fourth-order valence-corrected chi connectivity index (χ4v) is 9.15. The number of carbonyl (C=O) groups is 3. The number of carbonyl (C=O) groups excluding carboxylic acids is 3. The van der Waals surface area contributed by atoms with Crippen LogP contribution in [0.25, 0.3) is 32.7 Å². The van der Waals surface area contributed by atoms with Gasteiger partial charge in [0.15, 0.2) is 11.5 Å². The fraction of sp³-hybridized carbons (Fsp3) is 0.182. The lowest BCUT2D eigenvalue weighted by molar-refractivity contribution is 0.0516. The van der Waals surface area contributed by atoms with Gasteiger partial charge in [-0.2, -0.15) is 20.6 Å². The Morgan fingerprint density at radius 2 is 1.12 bits per heavy atom. The molecule has 10 rings (SSSR count). The Hall–Kier alpha value is -8.48. The number of nitrogens with two attached hydrogens (primary N) is 2. The van der Waals surface area contributed by atoms with Gasteiger partial charge in [-0.15, -0.1) is 0 Å². The molecule has 0 fully saturated rings. The fourth-order valence-electron chi connectivity index (χ4n) is 8.19. The summed E-state index contributed by atoms with van der Waals surface area (Å²) in [6.45, 7) is 9.55. The molecule has 0 saturated heterocycles. The summed E-state index contributed by atoms with van der Waals surface area (Å²) < 4.78 is 15.3. The molecular formula is C55H48BrCl3N14O5. The highest BCUT2D eigenvalue weighted by molar-refractivity contribution is 9.10. The quantitative estimate of drug-likeness (QED) is 0.0907. The van der Waals surface area contributed by atoms with Crippen LogP contribution >= 0.6 is 50.7 Å². The van der Waals surface area contributed by atoms with E-state index in [-0.39, 0.29) is 35.2 Å². The van der Waals surface area contributed by atoms with Crippen molar-refractivity contribution in [1.29, 1.82) is 5.26 Å². The third-order valence-electron chi connectivity index (χ3n) is 11.8. The van der Waals surface area contributed by atoms with Crippen LogP contribution in [0, 0.1) is 25.2 Å². The van der Waals surface area contributed by atoms with E-state index >= 15 is 0 Å². The first-order valence-electron chi connectivity index (χ1n) is 24.0. The Bertz CT molecular complexity index is 3760. The lowest BCUT2D eigenvalue weighted by Gasteiger charge is -2.11. The summed E-state index contributed by atoms with van der Waals surface area (Å²) in [6, 6.07) is 26.9. The standard InChI is InChI=1S/C23H20ClN7O.C16H13BrClN3O2.C16H15ClN4O2/c1-13-5-21(26)29-14(2)19(13)10-28-23(32)22-17(8-25)12-31(30-22)11-15-3-4-20-16(6-15)7-18(24)9-27-20;1-2-23-16(22)13-9-21(20-15(13)17)8-10-3-4-14-11(5-10)6-12(18)7-19-14;1-2-23-16(22)13-9-21(20-15(13)18)8-10-3-4-14-11(5-10)6-12(17)7-19-14/h3-7,9,12H,10-11H2,1-2H3,(H2,26,29)(H,28,32);3-7,9H,2,8H2,1H3;3-7,9H,2,8H2,1H3,(H2,18,20). The average molecular weight is 1170 g/mol. The lowest BCUT2D eigenvalue weighted by atomic mass is 10.1. The Morgan fingerprint density at radius 3 is 1.59 bits per heavy atom. The van der Waals surface area contributed by atoms with Crippen LogP contribution < -0.4 is 16.8 Å². The molecule has 0 aliphatic carbocycles. The number of aromatic nitrogens is 10. The van der Waals surface area contributed by atoms with Crippen molar-refractivity contribution >= 4 is 113 Å². The number of fused-ring (bicyclic) bond motifs is 3. The Morgan fingerprint density at radius 1 is 0.654 bits per heavy atom. The molecule has 0 aliphatic heterocycles. The molecule has 0 bridgehead atoms. The highest BCUT2D eigenvalue weighted by atomic mass is 79.9. The van der Waals surface area contributed by atoms with Crippen LogP contribution in [0.15, 0.2) is 121 Å². The largest absolute Gasteiger partial charge is 0.462 e. The molecule has 23 heteroatoms. The molecule has 0 unspecified atom stereocenters. The molecule has 10 aromatic rings. The lowest BCUT2D eigenvalue weighted by Crippen LogP contribution is -2.25. The first-order valence-corrected chi connectivity index (χ1v) is 25.9. The molecule has 0 spiro atoms. The predicted molar refractivity (Wildman–Crippen MR) is 302 cm³/mol. The predicted octanol–water partition coefficient (Wildman–Crippen LogP) is 10.5. The third-order valence-corrected chi connectivity index (χ3v) is 13.0. The number of hydrogen-bond acceptors (Lipinski definition) is 15. The van der Waals surface area contributed by atoms with Crippen molar-refractivity contribution < 1.29 is 23.9 Å². The van der Waals surface area contributed by atoms with Gasteiger partial charge in [-0.3, -0.25) is 33.8 Å². The van der Waals surface area contributed by atoms with E-state index in [2.05, 4.69) is 56.5 Å². The van der Waals surface area contributed by atoms with Crippen molar-refractivity contribution in [2.45, 2.75) is 53.9 Å². The number of amides is 1. The summed E-state index contributed by atoms with van der Waals surface area (Å²) in [5.74, 6) is -0.683. The van der Waals surface area contributed by atoms with Crippen LogP contribution in [0.2, 0.25) is 15.1 Å². The number of hydrogen-bond donors (Lipinski definition) is 3. The molecule has 19 nitrogen and oxygen atoms in total. The van der Waals surface area contributed by atoms with Crippen LogP contribution in [0.1, 0.15) is 84.1 Å². The van der Waals surface area contributed by atoms with E-state index in [4.69, 9.17) is 55.7 Å². The summed E-state index contributed by atoms with van der Waals surface area (Å²) in [5.41, 5.74) is 20.6. The normalized spacial score (nSPS) is 10.9. The highest BCUT2D eigenvalue weighted by Crippen LogP contribution is 2.24. The minimum Gasteiger partial charge on any atom is -0.462 e. The van der Waals surface area contributed by atoms with E-state index in [1.165, 1.54) is 0 Å². The van der Waals surface area contributed by atoms with Gasteiger partial charge in [-0.1, -0.05) is 53.0 Å². The number of anilines is 2. The second-order valence-electron chi connectivity index (χ2n) is 17.5. The number of nitrogen functional groups attached to an aromatic ring is 2. The first-order chi connectivity index (χ1) is 37.5. The van der Waals surface area contributed by atoms with Crippen LogP contribution in [-0.4, -0.2) is 80.3 Å². The van der Waals surface area contributed by atoms with Crippen molar-refractivity contribution in [3.8, 4) is 6.07 Å². The van der Waals surface area contributed by atoms with E-state index in [1.54, 1.807) is 71.1 Å². The number of nitrogens with zero attached hydrogens (tertiary/aromatic N) is 11. The molecule has 7 aromatic heterocycles. The van der Waals surface area contributed by atoms with E-state index in [0.29, 0.717) is 63.9 Å². The number of halogens is 4. The van der Waals surface area contributed by atoms with Crippen LogP contribution in [0.3, 0.4) is 0 Å². The van der Waals surface area contributed by atoms with Crippen LogP contribution in [0.4, 0.5) is 11.6 Å². The third kappa shape index (κ3) is 13.9.